The second kappa shape index (κ2) is 7.51. The van der Waals surface area contributed by atoms with Gasteiger partial charge in [-0.2, -0.15) is 0 Å². The van der Waals surface area contributed by atoms with Crippen molar-refractivity contribution in [2.45, 2.75) is 38.0 Å². The number of anilines is 1. The number of rotatable bonds is 5. The molecule has 2 aliphatic carbocycles. The number of nitrogens with zero attached hydrogens (tertiary/aromatic N) is 1. The molecule has 1 aliphatic heterocycles. The topological polar surface area (TPSA) is 65.5 Å². The molecule has 136 valence electrons. The number of aliphatic imine (C=N–C) groups is 1. The van der Waals surface area contributed by atoms with Crippen molar-refractivity contribution in [3.05, 3.63) is 29.8 Å². The molecule has 2 saturated carbocycles. The van der Waals surface area contributed by atoms with Crippen LogP contribution in [0.5, 0.6) is 0 Å². The van der Waals surface area contributed by atoms with Crippen molar-refractivity contribution in [3.63, 3.8) is 0 Å². The van der Waals surface area contributed by atoms with Crippen LogP contribution in [0.1, 0.15) is 43.6 Å². The highest BCUT2D eigenvalue weighted by molar-refractivity contribution is 14.0. The molecule has 1 amide bonds. The first-order valence-electron chi connectivity index (χ1n) is 9.03. The maximum Gasteiger partial charge on any atom is 0.225 e. The van der Waals surface area contributed by atoms with Gasteiger partial charge >= 0.3 is 0 Å². The van der Waals surface area contributed by atoms with Crippen molar-refractivity contribution in [1.29, 1.82) is 0 Å². The minimum atomic E-state index is 0. The molecule has 0 spiro atoms. The third-order valence-corrected chi connectivity index (χ3v) is 5.79. The van der Waals surface area contributed by atoms with Gasteiger partial charge in [0.15, 0.2) is 5.96 Å². The highest BCUT2D eigenvalue weighted by Crippen LogP contribution is 2.60. The van der Waals surface area contributed by atoms with Crippen LogP contribution in [0.2, 0.25) is 0 Å². The standard InChI is InChI=1S/C19H26N4O.HI/c1-20-18(22-12-19(8-9-19)14-6-7-14)21-11-13-10-17(24)23-16-5-3-2-4-15(13)16;/h2-5,13-14H,6-12H2,1H3,(H,23,24)(H2,20,21,22);1H. The lowest BCUT2D eigenvalue weighted by molar-refractivity contribution is -0.116. The Morgan fingerprint density at radius 2 is 2.04 bits per heavy atom. The van der Waals surface area contributed by atoms with Gasteiger partial charge in [-0.15, -0.1) is 24.0 Å². The van der Waals surface area contributed by atoms with Crippen LogP contribution in [0.25, 0.3) is 0 Å². The summed E-state index contributed by atoms with van der Waals surface area (Å²) in [6.45, 7) is 1.75. The van der Waals surface area contributed by atoms with Crippen molar-refractivity contribution >= 4 is 41.5 Å². The Bertz CT molecular complexity index is 667. The molecule has 3 N–H and O–H groups in total. The van der Waals surface area contributed by atoms with Gasteiger partial charge in [-0.05, 0) is 48.6 Å². The molecule has 0 aromatic heterocycles. The largest absolute Gasteiger partial charge is 0.356 e. The second-order valence-corrected chi connectivity index (χ2v) is 7.48. The van der Waals surface area contributed by atoms with E-state index in [9.17, 15) is 4.79 Å². The van der Waals surface area contributed by atoms with Gasteiger partial charge in [0.05, 0.1) is 0 Å². The monoisotopic (exact) mass is 454 g/mol. The molecule has 25 heavy (non-hydrogen) atoms. The van der Waals surface area contributed by atoms with Crippen molar-refractivity contribution in [2.75, 3.05) is 25.5 Å². The molecule has 1 aromatic carbocycles. The summed E-state index contributed by atoms with van der Waals surface area (Å²) in [5, 5.41) is 9.88. The number of benzene rings is 1. The Morgan fingerprint density at radius 3 is 2.72 bits per heavy atom. The summed E-state index contributed by atoms with van der Waals surface area (Å²) in [4.78, 5) is 16.3. The third-order valence-electron chi connectivity index (χ3n) is 5.79. The highest BCUT2D eigenvalue weighted by Gasteiger charge is 2.53. The van der Waals surface area contributed by atoms with Gasteiger partial charge in [0.2, 0.25) is 5.91 Å². The first-order chi connectivity index (χ1) is 11.7. The quantitative estimate of drug-likeness (QED) is 0.364. The third kappa shape index (κ3) is 4.10. The summed E-state index contributed by atoms with van der Waals surface area (Å²) in [6.07, 6.45) is 6.05. The maximum atomic E-state index is 11.9. The zero-order chi connectivity index (χ0) is 16.6. The van der Waals surface area contributed by atoms with Crippen molar-refractivity contribution in [3.8, 4) is 0 Å². The molecular formula is C19H27IN4O. The van der Waals surface area contributed by atoms with E-state index in [2.05, 4.69) is 27.0 Å². The van der Waals surface area contributed by atoms with E-state index < -0.39 is 0 Å². The Hall–Kier alpha value is -1.31. The van der Waals surface area contributed by atoms with Gasteiger partial charge in [-0.25, -0.2) is 0 Å². The van der Waals surface area contributed by atoms with Gasteiger partial charge in [-0.1, -0.05) is 18.2 Å². The number of nitrogens with one attached hydrogen (secondary N) is 3. The number of hydrogen-bond acceptors (Lipinski definition) is 2. The Kier molecular flexibility index (Phi) is 5.55. The Labute approximate surface area is 166 Å². The molecule has 0 saturated heterocycles. The lowest BCUT2D eigenvalue weighted by atomic mass is 9.90. The number of fused-ring (bicyclic) bond motifs is 1. The van der Waals surface area contributed by atoms with Gasteiger partial charge in [0.1, 0.15) is 0 Å². The molecule has 1 heterocycles. The van der Waals surface area contributed by atoms with Crippen molar-refractivity contribution in [2.24, 2.45) is 16.3 Å². The summed E-state index contributed by atoms with van der Waals surface area (Å²) < 4.78 is 0. The summed E-state index contributed by atoms with van der Waals surface area (Å²) >= 11 is 0. The summed E-state index contributed by atoms with van der Waals surface area (Å²) in [5.74, 6) is 2.07. The molecule has 1 unspecified atom stereocenters. The van der Waals surface area contributed by atoms with Crippen molar-refractivity contribution in [1.82, 2.24) is 10.6 Å². The van der Waals surface area contributed by atoms with Crippen LogP contribution < -0.4 is 16.0 Å². The van der Waals surface area contributed by atoms with Gasteiger partial charge in [0.25, 0.3) is 0 Å². The Morgan fingerprint density at radius 1 is 1.28 bits per heavy atom. The van der Waals surface area contributed by atoms with Crippen LogP contribution in [0, 0.1) is 11.3 Å². The lowest BCUT2D eigenvalue weighted by Gasteiger charge is -2.26. The highest BCUT2D eigenvalue weighted by atomic mass is 127. The van der Waals surface area contributed by atoms with E-state index in [1.165, 1.54) is 31.2 Å². The van der Waals surface area contributed by atoms with Crippen LogP contribution in [0.3, 0.4) is 0 Å². The number of carbonyl (C=O) groups excluding carboxylic acids is 1. The first-order valence-corrected chi connectivity index (χ1v) is 9.03. The van der Waals surface area contributed by atoms with Crippen LogP contribution in [0.4, 0.5) is 5.69 Å². The van der Waals surface area contributed by atoms with Gasteiger partial charge < -0.3 is 16.0 Å². The molecule has 4 rings (SSSR count). The average Bonchev–Trinajstić information content (AvgIpc) is 3.47. The fourth-order valence-corrected chi connectivity index (χ4v) is 3.97. The van der Waals surface area contributed by atoms with Gasteiger partial charge in [0, 0.05) is 38.2 Å². The van der Waals surface area contributed by atoms with Crippen LogP contribution >= 0.6 is 24.0 Å². The van der Waals surface area contributed by atoms with E-state index >= 15 is 0 Å². The van der Waals surface area contributed by atoms with E-state index in [4.69, 9.17) is 0 Å². The molecule has 2 fully saturated rings. The molecular weight excluding hydrogens is 427 g/mol. The average molecular weight is 454 g/mol. The van der Waals surface area contributed by atoms with Crippen LogP contribution in [0.15, 0.2) is 29.3 Å². The minimum Gasteiger partial charge on any atom is -0.356 e. The number of para-hydroxylation sites is 1. The van der Waals surface area contributed by atoms with E-state index in [0.717, 1.165) is 30.7 Å². The fourth-order valence-electron chi connectivity index (χ4n) is 3.97. The zero-order valence-corrected chi connectivity index (χ0v) is 17.0. The fraction of sp³-hybridized carbons (Fsp3) is 0.579. The molecule has 0 radical (unpaired) electrons. The smallest absolute Gasteiger partial charge is 0.225 e. The minimum absolute atomic E-state index is 0. The number of guanidine groups is 1. The molecule has 3 aliphatic rings. The summed E-state index contributed by atoms with van der Waals surface area (Å²) in [7, 11) is 1.81. The molecule has 5 nitrogen and oxygen atoms in total. The molecule has 1 atom stereocenters. The number of halogens is 1. The second-order valence-electron chi connectivity index (χ2n) is 7.48. The molecule has 1 aromatic rings. The zero-order valence-electron chi connectivity index (χ0n) is 14.7. The maximum absolute atomic E-state index is 11.9. The number of hydrogen-bond donors (Lipinski definition) is 3. The number of carbonyl (C=O) groups is 1. The Balaban J connectivity index is 0.00000182. The van der Waals surface area contributed by atoms with Gasteiger partial charge in [-0.3, -0.25) is 9.79 Å². The predicted octanol–water partition coefficient (Wildman–Crippen LogP) is 3.09. The van der Waals surface area contributed by atoms with Crippen molar-refractivity contribution < 1.29 is 4.79 Å². The predicted molar refractivity (Wildman–Crippen MR) is 112 cm³/mol. The van der Waals surface area contributed by atoms with E-state index in [-0.39, 0.29) is 35.8 Å². The molecule has 6 heteroatoms. The first kappa shape index (κ1) is 18.5. The van der Waals surface area contributed by atoms with E-state index in [1.807, 2.05) is 25.2 Å². The normalized spacial score (nSPS) is 23.8. The SMILES string of the molecule is CN=C(NCC1CC(=O)Nc2ccccc21)NCC1(C2CC2)CC1.I. The summed E-state index contributed by atoms with van der Waals surface area (Å²) in [5.41, 5.74) is 2.69. The van der Waals surface area contributed by atoms with E-state index in [0.29, 0.717) is 11.8 Å². The van der Waals surface area contributed by atoms with Crippen LogP contribution in [-0.4, -0.2) is 32.0 Å². The summed E-state index contributed by atoms with van der Waals surface area (Å²) in [6, 6.07) is 8.06. The number of amides is 1. The molecule has 0 bridgehead atoms. The van der Waals surface area contributed by atoms with E-state index in [1.54, 1.807) is 0 Å². The lowest BCUT2D eigenvalue weighted by Crippen LogP contribution is -2.43. The van der Waals surface area contributed by atoms with Crippen LogP contribution in [-0.2, 0) is 4.79 Å².